The first-order valence-corrected chi connectivity index (χ1v) is 14.9. The van der Waals surface area contributed by atoms with Gasteiger partial charge in [0.05, 0.1) is 12.1 Å². The highest BCUT2D eigenvalue weighted by molar-refractivity contribution is 7.07. The van der Waals surface area contributed by atoms with Gasteiger partial charge in [-0.15, -0.1) is 0 Å². The predicted molar refractivity (Wildman–Crippen MR) is 151 cm³/mol. The second-order valence-corrected chi connectivity index (χ2v) is 11.8. The smallest absolute Gasteiger partial charge is 0.254 e. The topological polar surface area (TPSA) is 68.8 Å². The van der Waals surface area contributed by atoms with Crippen LogP contribution in [-0.2, 0) is 11.3 Å². The Kier molecular flexibility index (Phi) is 10.2. The Morgan fingerprint density at radius 3 is 2.59 bits per heavy atom. The van der Waals surface area contributed by atoms with Gasteiger partial charge in [0.15, 0.2) is 0 Å². The first kappa shape index (κ1) is 28.3. The fourth-order valence-corrected chi connectivity index (χ4v) is 6.67. The number of amides is 2. The van der Waals surface area contributed by atoms with E-state index in [-0.39, 0.29) is 28.2 Å². The molecule has 37 heavy (non-hydrogen) atoms. The Balaban J connectivity index is 1.27. The van der Waals surface area contributed by atoms with Crippen molar-refractivity contribution in [2.24, 2.45) is 0 Å². The Hall–Kier alpha value is -1.71. The van der Waals surface area contributed by atoms with Crippen LogP contribution in [0.2, 0.25) is 10.3 Å². The number of aryl methyl sites for hydroxylation is 1. The predicted octanol–water partition coefficient (Wildman–Crippen LogP) is 4.86. The van der Waals surface area contributed by atoms with Crippen molar-refractivity contribution >= 4 is 46.4 Å². The van der Waals surface area contributed by atoms with E-state index in [9.17, 15) is 9.59 Å². The van der Waals surface area contributed by atoms with Gasteiger partial charge in [0.2, 0.25) is 5.91 Å². The highest BCUT2D eigenvalue weighted by atomic mass is 35.5. The maximum absolute atomic E-state index is 13.3. The Morgan fingerprint density at radius 2 is 1.95 bits per heavy atom. The summed E-state index contributed by atoms with van der Waals surface area (Å²) in [5.74, 6) is 0.0334. The van der Waals surface area contributed by atoms with E-state index < -0.39 is 0 Å². The van der Waals surface area contributed by atoms with E-state index in [4.69, 9.17) is 23.2 Å². The Labute approximate surface area is 234 Å². The molecule has 4 heterocycles. The quantitative estimate of drug-likeness (QED) is 0.417. The van der Waals surface area contributed by atoms with Gasteiger partial charge in [0.1, 0.15) is 10.3 Å². The molecule has 2 fully saturated rings. The first-order chi connectivity index (χ1) is 17.8. The van der Waals surface area contributed by atoms with Crippen molar-refractivity contribution < 1.29 is 9.59 Å². The van der Waals surface area contributed by atoms with Crippen LogP contribution in [0.15, 0.2) is 22.9 Å². The molecule has 2 aromatic heterocycles. The van der Waals surface area contributed by atoms with Crippen LogP contribution < -0.4 is 5.32 Å². The molecule has 1 atom stereocenters. The van der Waals surface area contributed by atoms with Crippen LogP contribution in [0.4, 0.5) is 0 Å². The number of thiophene rings is 1. The van der Waals surface area contributed by atoms with E-state index in [0.29, 0.717) is 36.8 Å². The fourth-order valence-electron chi connectivity index (χ4n) is 5.40. The number of likely N-dealkylation sites (tertiary alicyclic amines) is 2. The van der Waals surface area contributed by atoms with Gasteiger partial charge in [-0.3, -0.25) is 14.5 Å². The van der Waals surface area contributed by atoms with Gasteiger partial charge in [-0.1, -0.05) is 23.2 Å². The summed E-state index contributed by atoms with van der Waals surface area (Å²) in [6, 6.07) is 4.36. The lowest BCUT2D eigenvalue weighted by Gasteiger charge is -2.41. The third kappa shape index (κ3) is 7.67. The molecule has 0 bridgehead atoms. The molecule has 0 radical (unpaired) electrons. The summed E-state index contributed by atoms with van der Waals surface area (Å²) in [5, 5.41) is 7.62. The number of nitrogens with one attached hydrogen (secondary N) is 1. The number of piperidine rings is 1. The highest BCUT2D eigenvalue weighted by Gasteiger charge is 2.31. The molecular formula is C27H37Cl2N5O2S. The summed E-state index contributed by atoms with van der Waals surface area (Å²) < 4.78 is 0. The van der Waals surface area contributed by atoms with Crippen molar-refractivity contribution in [2.75, 3.05) is 39.3 Å². The zero-order chi connectivity index (χ0) is 26.4. The fraction of sp³-hybridized carbons (Fsp3) is 0.593. The lowest BCUT2D eigenvalue weighted by atomic mass is 10.00. The third-order valence-electron chi connectivity index (χ3n) is 7.59. The number of aromatic nitrogens is 1. The number of rotatable bonds is 10. The highest BCUT2D eigenvalue weighted by Crippen LogP contribution is 2.24. The summed E-state index contributed by atoms with van der Waals surface area (Å²) in [6.07, 6.45) is 5.16. The van der Waals surface area contributed by atoms with Crippen LogP contribution in [0.25, 0.3) is 0 Å². The van der Waals surface area contributed by atoms with Crippen molar-refractivity contribution in [3.8, 4) is 0 Å². The number of nitrogens with zero attached hydrogens (tertiary/aromatic N) is 4. The first-order valence-electron chi connectivity index (χ1n) is 13.2. The molecule has 7 nitrogen and oxygen atoms in total. The number of carbonyl (C=O) groups excluding carboxylic acids is 2. The largest absolute Gasteiger partial charge is 0.352 e. The second-order valence-electron chi connectivity index (χ2n) is 10.2. The van der Waals surface area contributed by atoms with Crippen LogP contribution >= 0.6 is 34.5 Å². The van der Waals surface area contributed by atoms with Gasteiger partial charge in [-0.2, -0.15) is 11.3 Å². The normalized spacial score (nSPS) is 18.2. The molecule has 4 rings (SSSR count). The molecule has 2 aromatic rings. The SMILES string of the molecule is Cc1cc(Cl)nc(Cl)c1C(=O)NCC[C@@H](C)N1CCC(N(Cc2ccsc2)C(=O)CN2CCCC2)CC1. The lowest BCUT2D eigenvalue weighted by Crippen LogP contribution is -2.51. The van der Waals surface area contributed by atoms with Gasteiger partial charge in [-0.05, 0) is 93.1 Å². The molecule has 2 aliphatic rings. The van der Waals surface area contributed by atoms with Gasteiger partial charge < -0.3 is 15.1 Å². The van der Waals surface area contributed by atoms with E-state index in [0.717, 1.165) is 45.4 Å². The molecule has 2 saturated heterocycles. The number of hydrogen-bond acceptors (Lipinski definition) is 6. The Morgan fingerprint density at radius 1 is 1.22 bits per heavy atom. The zero-order valence-corrected chi connectivity index (χ0v) is 24.0. The minimum absolute atomic E-state index is 0.129. The average Bonchev–Trinajstić information content (AvgIpc) is 3.56. The van der Waals surface area contributed by atoms with Gasteiger partial charge >= 0.3 is 0 Å². The summed E-state index contributed by atoms with van der Waals surface area (Å²) in [4.78, 5) is 36.9. The van der Waals surface area contributed by atoms with Crippen LogP contribution in [0.5, 0.6) is 0 Å². The monoisotopic (exact) mass is 565 g/mol. The molecule has 10 heteroatoms. The van der Waals surface area contributed by atoms with Crippen molar-refractivity contribution in [1.82, 2.24) is 25.0 Å². The van der Waals surface area contributed by atoms with E-state index in [1.54, 1.807) is 24.3 Å². The van der Waals surface area contributed by atoms with Crippen molar-refractivity contribution in [3.63, 3.8) is 0 Å². The van der Waals surface area contributed by atoms with E-state index in [1.807, 2.05) is 0 Å². The van der Waals surface area contributed by atoms with E-state index in [2.05, 4.69) is 48.8 Å². The minimum Gasteiger partial charge on any atom is -0.352 e. The number of hydrogen-bond donors (Lipinski definition) is 1. The Bertz CT molecular complexity index is 1030. The minimum atomic E-state index is -0.224. The molecule has 0 spiro atoms. The van der Waals surface area contributed by atoms with Crippen molar-refractivity contribution in [3.05, 3.63) is 49.9 Å². The molecule has 1 N–H and O–H groups in total. The van der Waals surface area contributed by atoms with E-state index >= 15 is 0 Å². The van der Waals surface area contributed by atoms with Crippen LogP contribution in [0, 0.1) is 6.92 Å². The van der Waals surface area contributed by atoms with Crippen molar-refractivity contribution in [1.29, 1.82) is 0 Å². The summed E-state index contributed by atoms with van der Waals surface area (Å²) >= 11 is 13.8. The maximum atomic E-state index is 13.3. The van der Waals surface area contributed by atoms with Crippen LogP contribution in [-0.4, -0.2) is 82.9 Å². The van der Waals surface area contributed by atoms with E-state index in [1.165, 1.54) is 18.4 Å². The van der Waals surface area contributed by atoms with Crippen molar-refractivity contribution in [2.45, 2.75) is 64.6 Å². The van der Waals surface area contributed by atoms with Crippen LogP contribution in [0.3, 0.4) is 0 Å². The molecule has 0 aliphatic carbocycles. The molecule has 0 aromatic carbocycles. The molecule has 2 aliphatic heterocycles. The summed E-state index contributed by atoms with van der Waals surface area (Å²) in [5.41, 5.74) is 2.31. The molecule has 0 unspecified atom stereocenters. The molecule has 0 saturated carbocycles. The summed E-state index contributed by atoms with van der Waals surface area (Å²) in [7, 11) is 0. The number of pyridine rings is 1. The van der Waals surface area contributed by atoms with Crippen LogP contribution in [0.1, 0.15) is 60.5 Å². The average molecular weight is 567 g/mol. The molecule has 202 valence electrons. The zero-order valence-electron chi connectivity index (χ0n) is 21.7. The molecule has 2 amide bonds. The van der Waals surface area contributed by atoms with Gasteiger partial charge in [0, 0.05) is 38.3 Å². The number of halogens is 2. The lowest BCUT2D eigenvalue weighted by molar-refractivity contribution is -0.136. The molecular weight excluding hydrogens is 529 g/mol. The number of carbonyl (C=O) groups is 2. The van der Waals surface area contributed by atoms with Gasteiger partial charge in [0.25, 0.3) is 5.91 Å². The third-order valence-corrected chi connectivity index (χ3v) is 8.79. The summed E-state index contributed by atoms with van der Waals surface area (Å²) in [6.45, 7) is 9.75. The maximum Gasteiger partial charge on any atom is 0.254 e. The second kappa shape index (κ2) is 13.4. The standard InChI is InChI=1S/C27H37Cl2N5O2S/c1-19-15-23(28)31-26(29)25(19)27(36)30-9-5-20(2)33-12-6-22(7-13-33)34(16-21-8-14-37-18-21)24(35)17-32-10-3-4-11-32/h8,14-15,18,20,22H,3-7,9-13,16-17H2,1-2H3,(H,30,36)/t20-/m1/s1. The van der Waals surface area contributed by atoms with Gasteiger partial charge in [-0.25, -0.2) is 4.98 Å².